The first-order chi connectivity index (χ1) is 24.7. The Morgan fingerprint density at radius 2 is 0.692 bits per heavy atom. The van der Waals surface area contributed by atoms with Gasteiger partial charge in [0.05, 0.1) is 22.1 Å². The van der Waals surface area contributed by atoms with E-state index in [2.05, 4.69) is 29.3 Å². The Balaban J connectivity index is 1.68. The molecule has 0 amide bonds. The van der Waals surface area contributed by atoms with Crippen LogP contribution in [0.4, 0.5) is 14.4 Å². The quantitative estimate of drug-likeness (QED) is 0.0823. The van der Waals surface area contributed by atoms with E-state index in [1.807, 2.05) is 0 Å². The fourth-order valence-corrected chi connectivity index (χ4v) is 5.33. The molecule has 0 radical (unpaired) electrons. The average molecular weight is 725 g/mol. The zero-order valence-corrected chi connectivity index (χ0v) is 29.9. The molecule has 0 aromatic heterocycles. The Morgan fingerprint density at radius 3 is 0.923 bits per heavy atom. The van der Waals surface area contributed by atoms with Crippen molar-refractivity contribution in [3.05, 3.63) is 105 Å². The minimum atomic E-state index is -1.50. The Bertz CT molecular complexity index is 1530. The van der Waals surface area contributed by atoms with Crippen LogP contribution >= 0.6 is 0 Å². The molecule has 3 aromatic rings. The number of carbonyl (C=O) groups is 6. The first-order valence-electron chi connectivity index (χ1n) is 16.0. The summed E-state index contributed by atoms with van der Waals surface area (Å²) in [6.45, 7) is 9.87. The van der Waals surface area contributed by atoms with Gasteiger partial charge in [-0.2, -0.15) is 14.4 Å². The van der Waals surface area contributed by atoms with E-state index in [4.69, 9.17) is 14.2 Å². The summed E-state index contributed by atoms with van der Waals surface area (Å²) in [7, 11) is 0. The van der Waals surface area contributed by atoms with Crippen molar-refractivity contribution < 1.29 is 72.3 Å². The number of aryl methyl sites for hydroxylation is 6. The van der Waals surface area contributed by atoms with Crippen molar-refractivity contribution >= 4 is 36.4 Å². The summed E-state index contributed by atoms with van der Waals surface area (Å²) >= 11 is 0. The summed E-state index contributed by atoms with van der Waals surface area (Å²) in [6.07, 6.45) is -3.91. The van der Waals surface area contributed by atoms with Crippen LogP contribution in [0.15, 0.2) is 54.6 Å². The molecule has 52 heavy (non-hydrogen) atoms. The molecule has 0 saturated heterocycles. The molecule has 278 valence electrons. The molecule has 0 aliphatic carbocycles. The lowest BCUT2D eigenvalue weighted by Crippen LogP contribution is -2.40. The Morgan fingerprint density at radius 1 is 0.442 bits per heavy atom. The number of hydrogen-bond donors (Lipinski definition) is 0. The van der Waals surface area contributed by atoms with E-state index >= 15 is 0 Å². The highest BCUT2D eigenvalue weighted by atomic mass is 17.2. The number of ether oxygens (including phenoxy) is 3. The molecule has 0 spiro atoms. The van der Waals surface area contributed by atoms with Gasteiger partial charge in [-0.25, -0.2) is 43.7 Å². The molecule has 0 N–H and O–H groups in total. The normalized spacial score (nSPS) is 10.7. The Hall–Kier alpha value is -6.12. The van der Waals surface area contributed by atoms with Crippen LogP contribution in [0.25, 0.3) is 0 Å². The van der Waals surface area contributed by atoms with Gasteiger partial charge < -0.3 is 14.2 Å². The zero-order chi connectivity index (χ0) is 38.4. The molecule has 15 heteroatoms. The van der Waals surface area contributed by atoms with Gasteiger partial charge in [0.25, 0.3) is 0 Å². The van der Waals surface area contributed by atoms with Crippen molar-refractivity contribution in [3.63, 3.8) is 0 Å². The van der Waals surface area contributed by atoms with Crippen LogP contribution in [0.3, 0.4) is 0 Å². The van der Waals surface area contributed by atoms with Gasteiger partial charge in [-0.3, -0.25) is 0 Å². The van der Waals surface area contributed by atoms with Crippen LogP contribution in [0, 0.1) is 47.0 Å². The molecule has 15 nitrogen and oxygen atoms in total. The molecule has 0 atom stereocenters. The van der Waals surface area contributed by atoms with E-state index in [0.717, 1.165) is 0 Å². The second-order valence-corrected chi connectivity index (χ2v) is 12.0. The number of benzene rings is 3. The van der Waals surface area contributed by atoms with Crippen molar-refractivity contribution in [3.8, 4) is 0 Å². The zero-order valence-electron chi connectivity index (χ0n) is 29.9. The second kappa shape index (κ2) is 18.8. The third kappa shape index (κ3) is 11.2. The monoisotopic (exact) mass is 724 g/mol. The van der Waals surface area contributed by atoms with Crippen LogP contribution in [0.5, 0.6) is 0 Å². The topological polar surface area (TPSA) is 185 Å². The predicted octanol–water partition coefficient (Wildman–Crippen LogP) is 7.40. The molecule has 0 aliphatic rings. The summed E-state index contributed by atoms with van der Waals surface area (Å²) in [6, 6.07) is 15.3. The molecule has 0 bridgehead atoms. The summed E-state index contributed by atoms with van der Waals surface area (Å²) in [5.74, 6) is -2.85. The van der Waals surface area contributed by atoms with Gasteiger partial charge in [0.2, 0.25) is 0 Å². The largest absolute Gasteiger partial charge is 0.549 e. The standard InChI is InChI=1S/C37H40O15/c1-8-18-37(19-44-34(41)50-47-31(38)28-22(2)12-9-13-23(28)3,20-45-35(42)51-48-32(39)29-24(4)14-10-15-25(29)5)21-46-36(43)52-49-33(40)30-26(6)16-11-17-27(30)7/h9-17H,8,18-21H2,1-7H3. The van der Waals surface area contributed by atoms with E-state index in [9.17, 15) is 28.8 Å². The fraction of sp³-hybridized carbons (Fsp3) is 0.351. The van der Waals surface area contributed by atoms with Crippen LogP contribution < -0.4 is 0 Å². The maximum Gasteiger partial charge on any atom is 0.549 e. The highest BCUT2D eigenvalue weighted by molar-refractivity contribution is 5.93. The molecule has 3 rings (SSSR count). The molecule has 0 unspecified atom stereocenters. The minimum Gasteiger partial charge on any atom is -0.431 e. The molecular formula is C37H40O15. The van der Waals surface area contributed by atoms with Gasteiger partial charge >= 0.3 is 36.4 Å². The van der Waals surface area contributed by atoms with E-state index < -0.39 is 61.6 Å². The van der Waals surface area contributed by atoms with Crippen molar-refractivity contribution in [2.45, 2.75) is 61.3 Å². The first-order valence-corrected chi connectivity index (χ1v) is 16.0. The van der Waals surface area contributed by atoms with Crippen LogP contribution in [0.1, 0.15) is 84.2 Å². The molecule has 3 aromatic carbocycles. The molecule has 0 aliphatic heterocycles. The lowest BCUT2D eigenvalue weighted by Gasteiger charge is -2.30. The van der Waals surface area contributed by atoms with Gasteiger partial charge in [0.1, 0.15) is 19.8 Å². The summed E-state index contributed by atoms with van der Waals surface area (Å²) < 4.78 is 15.5. The lowest BCUT2D eigenvalue weighted by atomic mass is 9.86. The fourth-order valence-electron chi connectivity index (χ4n) is 5.33. The average Bonchev–Trinajstić information content (AvgIpc) is 3.09. The maximum atomic E-state index is 12.6. The van der Waals surface area contributed by atoms with E-state index in [1.165, 1.54) is 0 Å². The Labute approximate surface area is 299 Å². The van der Waals surface area contributed by atoms with Crippen molar-refractivity contribution in [1.82, 2.24) is 0 Å². The van der Waals surface area contributed by atoms with Gasteiger partial charge in [-0.1, -0.05) is 67.9 Å². The highest BCUT2D eigenvalue weighted by Gasteiger charge is 2.37. The Kier molecular flexibility index (Phi) is 14.5. The highest BCUT2D eigenvalue weighted by Crippen LogP contribution is 2.27. The number of rotatable bonds is 11. The van der Waals surface area contributed by atoms with Crippen molar-refractivity contribution in [2.75, 3.05) is 19.8 Å². The summed E-state index contributed by atoms with van der Waals surface area (Å²) in [5, 5.41) is 0. The van der Waals surface area contributed by atoms with Crippen LogP contribution in [-0.2, 0) is 43.5 Å². The van der Waals surface area contributed by atoms with Crippen molar-refractivity contribution in [1.29, 1.82) is 0 Å². The van der Waals surface area contributed by atoms with E-state index in [1.54, 1.807) is 103 Å². The third-order valence-electron chi connectivity index (χ3n) is 7.88. The third-order valence-corrected chi connectivity index (χ3v) is 7.88. The smallest absolute Gasteiger partial charge is 0.431 e. The van der Waals surface area contributed by atoms with Gasteiger partial charge in [0.15, 0.2) is 0 Å². The lowest BCUT2D eigenvalue weighted by molar-refractivity contribution is -0.217. The molecular weight excluding hydrogens is 684 g/mol. The molecule has 0 heterocycles. The van der Waals surface area contributed by atoms with Gasteiger partial charge in [0, 0.05) is 0 Å². The number of hydrogen-bond acceptors (Lipinski definition) is 15. The molecule has 0 saturated carbocycles. The number of carbonyl (C=O) groups excluding carboxylic acids is 6. The summed E-state index contributed by atoms with van der Waals surface area (Å²) in [5.41, 5.74) is 2.53. The second-order valence-electron chi connectivity index (χ2n) is 12.0. The van der Waals surface area contributed by atoms with E-state index in [0.29, 0.717) is 39.8 Å². The minimum absolute atomic E-state index is 0.0768. The van der Waals surface area contributed by atoms with Gasteiger partial charge in [-0.05, 0) is 81.3 Å². The maximum absolute atomic E-state index is 12.6. The van der Waals surface area contributed by atoms with Crippen molar-refractivity contribution in [2.24, 2.45) is 5.41 Å². The summed E-state index contributed by atoms with van der Waals surface area (Å²) in [4.78, 5) is 103. The first kappa shape index (κ1) is 40.3. The van der Waals surface area contributed by atoms with Crippen LogP contribution in [0.2, 0.25) is 0 Å². The van der Waals surface area contributed by atoms with Gasteiger partial charge in [-0.15, -0.1) is 0 Å². The molecule has 0 fully saturated rings. The van der Waals surface area contributed by atoms with Crippen LogP contribution in [-0.4, -0.2) is 56.2 Å². The SMILES string of the molecule is CCCC(COC(=O)OOC(=O)c1c(C)cccc1C)(COC(=O)OOC(=O)c1c(C)cccc1C)COC(=O)OOC(=O)c1c(C)cccc1C. The predicted molar refractivity (Wildman–Crippen MR) is 179 cm³/mol. The van der Waals surface area contributed by atoms with E-state index in [-0.39, 0.29) is 23.1 Å².